The third-order valence-electron chi connectivity index (χ3n) is 6.46. The van der Waals surface area contributed by atoms with Gasteiger partial charge >= 0.3 is 6.09 Å². The Balaban J connectivity index is 1.36. The van der Waals surface area contributed by atoms with Crippen molar-refractivity contribution in [2.45, 2.75) is 44.8 Å². The van der Waals surface area contributed by atoms with E-state index in [-0.39, 0.29) is 5.69 Å². The molecule has 3 aromatic rings. The molecular weight excluding hydrogens is 395 g/mol. The Kier molecular flexibility index (Phi) is 4.66. The fourth-order valence-electron chi connectivity index (χ4n) is 5.01. The Morgan fingerprint density at radius 2 is 2.19 bits per heavy atom. The van der Waals surface area contributed by atoms with Gasteiger partial charge in [0, 0.05) is 6.54 Å². The van der Waals surface area contributed by atoms with E-state index in [0.29, 0.717) is 18.2 Å². The number of anilines is 1. The maximum Gasteiger partial charge on any atom is 0.415 e. The second-order valence-corrected chi connectivity index (χ2v) is 8.74. The van der Waals surface area contributed by atoms with Gasteiger partial charge in [0.25, 0.3) is 0 Å². The largest absolute Gasteiger partial charge is 0.441 e. The molecule has 2 aromatic carbocycles. The van der Waals surface area contributed by atoms with Crippen molar-refractivity contribution in [2.75, 3.05) is 11.4 Å². The molecule has 1 aliphatic carbocycles. The van der Waals surface area contributed by atoms with Crippen LogP contribution in [0, 0.1) is 25.2 Å². The molecule has 2 atom stereocenters. The Morgan fingerprint density at radius 3 is 3.00 bits per heavy atom. The van der Waals surface area contributed by atoms with Crippen LogP contribution in [0.5, 0.6) is 0 Å². The van der Waals surface area contributed by atoms with E-state index in [9.17, 15) is 9.18 Å². The molecule has 0 bridgehead atoms. The lowest BCUT2D eigenvalue weighted by Crippen LogP contribution is -2.40. The average Bonchev–Trinajstić information content (AvgIpc) is 3.28. The zero-order chi connectivity index (χ0) is 21.6. The molecule has 2 heterocycles. The van der Waals surface area contributed by atoms with Gasteiger partial charge in [-0.2, -0.15) is 0 Å². The van der Waals surface area contributed by atoms with Crippen LogP contribution in [0.1, 0.15) is 31.2 Å². The van der Waals surface area contributed by atoms with Gasteiger partial charge in [-0.05, 0) is 68.4 Å². The molecule has 1 aromatic heterocycles. The topological polar surface area (TPSA) is 51.7 Å². The molecule has 2 fully saturated rings. The smallest absolute Gasteiger partial charge is 0.415 e. The number of hydrogen-bond donors (Lipinski definition) is 0. The molecule has 1 amide bonds. The first-order valence-electron chi connectivity index (χ1n) is 10.6. The summed E-state index contributed by atoms with van der Waals surface area (Å²) >= 11 is 0. The number of hydrogen-bond acceptors (Lipinski definition) is 3. The number of halogens is 1. The van der Waals surface area contributed by atoms with Gasteiger partial charge in [-0.15, -0.1) is 0 Å². The second kappa shape index (κ2) is 7.38. The maximum absolute atomic E-state index is 14.5. The Labute approximate surface area is 180 Å². The Bertz CT molecular complexity index is 1210. The standard InChI is InChI=1S/C24H23FN4O2/c1-16-5-8-21(19(25)10-16)29-14-24(31-23(29)30)9-3-4-17(12-24)13-28-15-27-20-7-6-18(26-2)11-22(20)28/h5-8,10-11,15,17H,3-4,9,12-14H2,1H3/t17-,24-/m0/s1. The summed E-state index contributed by atoms with van der Waals surface area (Å²) < 4.78 is 22.4. The molecule has 1 saturated heterocycles. The van der Waals surface area contributed by atoms with Crippen LogP contribution < -0.4 is 4.90 Å². The number of aryl methyl sites for hydroxylation is 1. The van der Waals surface area contributed by atoms with E-state index in [1.165, 1.54) is 11.0 Å². The van der Waals surface area contributed by atoms with E-state index in [1.807, 2.05) is 31.5 Å². The summed E-state index contributed by atoms with van der Waals surface area (Å²) in [6, 6.07) is 10.4. The third-order valence-corrected chi connectivity index (χ3v) is 6.46. The highest BCUT2D eigenvalue weighted by Gasteiger charge is 2.48. The van der Waals surface area contributed by atoms with Crippen molar-refractivity contribution in [3.05, 3.63) is 65.5 Å². The monoisotopic (exact) mass is 418 g/mol. The molecule has 158 valence electrons. The maximum atomic E-state index is 14.5. The highest BCUT2D eigenvalue weighted by molar-refractivity contribution is 5.90. The summed E-state index contributed by atoms with van der Waals surface area (Å²) in [4.78, 5) is 22.1. The van der Waals surface area contributed by atoms with Crippen LogP contribution in [0.3, 0.4) is 0 Å². The first-order valence-corrected chi connectivity index (χ1v) is 10.6. The molecule has 0 radical (unpaired) electrons. The fraction of sp³-hybridized carbons (Fsp3) is 0.375. The zero-order valence-electron chi connectivity index (χ0n) is 17.3. The quantitative estimate of drug-likeness (QED) is 0.519. The number of benzene rings is 2. The highest BCUT2D eigenvalue weighted by Crippen LogP contribution is 2.42. The molecule has 0 unspecified atom stereocenters. The number of imidazole rings is 1. The van der Waals surface area contributed by atoms with E-state index in [0.717, 1.165) is 48.8 Å². The van der Waals surface area contributed by atoms with Crippen molar-refractivity contribution >= 4 is 28.5 Å². The van der Waals surface area contributed by atoms with Crippen molar-refractivity contribution in [1.82, 2.24) is 9.55 Å². The van der Waals surface area contributed by atoms with E-state index in [1.54, 1.807) is 12.1 Å². The van der Waals surface area contributed by atoms with Gasteiger partial charge in [0.2, 0.25) is 0 Å². The number of carbonyl (C=O) groups excluding carboxylic acids is 1. The normalized spacial score (nSPS) is 23.3. The summed E-state index contributed by atoms with van der Waals surface area (Å²) in [6.07, 6.45) is 4.83. The van der Waals surface area contributed by atoms with Gasteiger partial charge in [0.05, 0.1) is 36.2 Å². The molecule has 6 nitrogen and oxygen atoms in total. The first-order chi connectivity index (χ1) is 15.0. The van der Waals surface area contributed by atoms with Crippen molar-refractivity contribution in [3.8, 4) is 0 Å². The zero-order valence-corrected chi connectivity index (χ0v) is 17.3. The van der Waals surface area contributed by atoms with Gasteiger partial charge < -0.3 is 9.30 Å². The Morgan fingerprint density at radius 1 is 1.32 bits per heavy atom. The molecule has 2 aliphatic rings. The van der Waals surface area contributed by atoms with Crippen LogP contribution >= 0.6 is 0 Å². The summed E-state index contributed by atoms with van der Waals surface area (Å²) in [5.41, 5.74) is 2.91. The number of carbonyl (C=O) groups is 1. The van der Waals surface area contributed by atoms with Gasteiger partial charge in [-0.25, -0.2) is 19.0 Å². The molecule has 31 heavy (non-hydrogen) atoms. The lowest BCUT2D eigenvalue weighted by atomic mass is 9.78. The molecule has 1 spiro atoms. The molecule has 7 heteroatoms. The van der Waals surface area contributed by atoms with Crippen LogP contribution in [0.25, 0.3) is 15.9 Å². The number of amides is 1. The molecule has 1 saturated carbocycles. The Hall–Kier alpha value is -3.40. The van der Waals surface area contributed by atoms with Crippen LogP contribution in [0.2, 0.25) is 0 Å². The summed E-state index contributed by atoms with van der Waals surface area (Å²) in [5.74, 6) is -0.0970. The van der Waals surface area contributed by atoms with Gasteiger partial charge in [0.15, 0.2) is 5.69 Å². The van der Waals surface area contributed by atoms with E-state index < -0.39 is 17.5 Å². The number of rotatable bonds is 3. The van der Waals surface area contributed by atoms with Gasteiger partial charge in [-0.1, -0.05) is 12.1 Å². The van der Waals surface area contributed by atoms with Crippen LogP contribution in [0.15, 0.2) is 42.7 Å². The van der Waals surface area contributed by atoms with Gasteiger partial charge in [-0.3, -0.25) is 4.90 Å². The summed E-state index contributed by atoms with van der Waals surface area (Å²) in [6.45, 7) is 10.2. The van der Waals surface area contributed by atoms with Crippen LogP contribution in [-0.2, 0) is 11.3 Å². The third kappa shape index (κ3) is 3.52. The minimum absolute atomic E-state index is 0.280. The SMILES string of the molecule is [C-]#[N+]c1ccc2ncn(C[C@H]3CCC[C@]4(C3)CN(c3ccc(C)cc3F)C(=O)O4)c2c1. The molecular formula is C24H23FN4O2. The van der Waals surface area contributed by atoms with Gasteiger partial charge in [0.1, 0.15) is 11.4 Å². The molecule has 1 aliphatic heterocycles. The van der Waals surface area contributed by atoms with E-state index >= 15 is 0 Å². The summed E-state index contributed by atoms with van der Waals surface area (Å²) in [7, 11) is 0. The van der Waals surface area contributed by atoms with Crippen molar-refractivity contribution in [1.29, 1.82) is 0 Å². The molecule has 0 N–H and O–H groups in total. The van der Waals surface area contributed by atoms with Crippen molar-refractivity contribution < 1.29 is 13.9 Å². The average molecular weight is 418 g/mol. The minimum atomic E-state index is -0.588. The van der Waals surface area contributed by atoms with Crippen molar-refractivity contribution in [3.63, 3.8) is 0 Å². The fourth-order valence-corrected chi connectivity index (χ4v) is 5.01. The van der Waals surface area contributed by atoms with E-state index in [2.05, 4.69) is 14.4 Å². The first kappa shape index (κ1) is 19.6. The molecule has 5 rings (SSSR count). The number of ether oxygens (including phenoxy) is 1. The number of fused-ring (bicyclic) bond motifs is 1. The summed E-state index contributed by atoms with van der Waals surface area (Å²) in [5, 5.41) is 0. The highest BCUT2D eigenvalue weighted by atomic mass is 19.1. The van der Waals surface area contributed by atoms with Crippen LogP contribution in [-0.4, -0.2) is 27.8 Å². The lowest BCUT2D eigenvalue weighted by Gasteiger charge is -2.36. The predicted octanol–water partition coefficient (Wildman–Crippen LogP) is 5.62. The van der Waals surface area contributed by atoms with E-state index in [4.69, 9.17) is 11.3 Å². The van der Waals surface area contributed by atoms with Crippen LogP contribution in [0.4, 0.5) is 20.6 Å². The number of nitrogens with zero attached hydrogens (tertiary/aromatic N) is 4. The predicted molar refractivity (Wildman–Crippen MR) is 116 cm³/mol. The minimum Gasteiger partial charge on any atom is -0.441 e. The number of aromatic nitrogens is 2. The van der Waals surface area contributed by atoms with Crippen molar-refractivity contribution in [2.24, 2.45) is 5.92 Å². The second-order valence-electron chi connectivity index (χ2n) is 8.74. The lowest BCUT2D eigenvalue weighted by molar-refractivity contribution is 0.00439.